The van der Waals surface area contributed by atoms with Crippen molar-refractivity contribution in [3.05, 3.63) is 49.6 Å². The van der Waals surface area contributed by atoms with E-state index in [2.05, 4.69) is 26.3 Å². The maximum atomic E-state index is 4.32. The Kier molecular flexibility index (Phi) is 25.4. The summed E-state index contributed by atoms with van der Waals surface area (Å²) in [5, 5.41) is 0. The lowest BCUT2D eigenvalue weighted by atomic mass is 9.99. The average molecular weight is 443 g/mol. The minimum absolute atomic E-state index is 1.18. The summed E-state index contributed by atoms with van der Waals surface area (Å²) < 4.78 is 0. The van der Waals surface area contributed by atoms with E-state index in [0.717, 1.165) is 0 Å². The molecule has 0 heterocycles. The Balaban J connectivity index is 3.28. The van der Waals surface area contributed by atoms with Gasteiger partial charge in [-0.25, -0.2) is 0 Å². The largest absolute Gasteiger partial charge is 0.103 e. The first-order chi connectivity index (χ1) is 15.7. The van der Waals surface area contributed by atoms with E-state index in [4.69, 9.17) is 0 Å². The standard InChI is InChI=1S/C32H58/c1-5-7-9-11-13-15-16-18-20-24-28-32(4)30-26-22-21-25-29-31(3)27-23-19-17-14-12-10-8-6-2/h5-6H,1-4,7-30H2. The predicted molar refractivity (Wildman–Crippen MR) is 149 cm³/mol. The van der Waals surface area contributed by atoms with Gasteiger partial charge < -0.3 is 0 Å². The molecule has 0 aromatic heterocycles. The van der Waals surface area contributed by atoms with E-state index in [9.17, 15) is 0 Å². The van der Waals surface area contributed by atoms with Crippen molar-refractivity contribution in [2.24, 2.45) is 0 Å². The van der Waals surface area contributed by atoms with Gasteiger partial charge in [0, 0.05) is 0 Å². The monoisotopic (exact) mass is 442 g/mol. The molecule has 32 heavy (non-hydrogen) atoms. The van der Waals surface area contributed by atoms with Crippen molar-refractivity contribution >= 4 is 0 Å². The maximum absolute atomic E-state index is 4.32. The first-order valence-corrected chi connectivity index (χ1v) is 14.3. The Morgan fingerprint density at radius 3 is 0.812 bits per heavy atom. The molecular formula is C32H58. The summed E-state index contributed by atoms with van der Waals surface area (Å²) in [5.41, 5.74) is 2.97. The van der Waals surface area contributed by atoms with E-state index in [-0.39, 0.29) is 0 Å². The summed E-state index contributed by atoms with van der Waals surface area (Å²) in [6, 6.07) is 0. The zero-order valence-electron chi connectivity index (χ0n) is 22.0. The smallest absolute Gasteiger partial charge is 0.0323 e. The molecule has 0 spiro atoms. The minimum Gasteiger partial charge on any atom is -0.103 e. The van der Waals surface area contributed by atoms with Crippen LogP contribution in [0.5, 0.6) is 0 Å². The van der Waals surface area contributed by atoms with E-state index in [0.29, 0.717) is 0 Å². The SMILES string of the molecule is C=CCCCCCCCCCCC(=C)CCCCCCC(=C)CCCCCCCCC=C. The van der Waals surface area contributed by atoms with Gasteiger partial charge in [0.1, 0.15) is 0 Å². The van der Waals surface area contributed by atoms with Crippen LogP contribution in [0.25, 0.3) is 0 Å². The van der Waals surface area contributed by atoms with Crippen molar-refractivity contribution in [1.82, 2.24) is 0 Å². The molecule has 0 aliphatic heterocycles. The summed E-state index contributed by atoms with van der Waals surface area (Å²) in [6.07, 6.45) is 36.2. The van der Waals surface area contributed by atoms with Crippen LogP contribution in [0.15, 0.2) is 49.6 Å². The molecule has 0 unspecified atom stereocenters. The second kappa shape index (κ2) is 26.2. The zero-order valence-corrected chi connectivity index (χ0v) is 22.0. The molecule has 0 aromatic carbocycles. The van der Waals surface area contributed by atoms with Gasteiger partial charge in [-0.15, -0.1) is 13.2 Å². The van der Waals surface area contributed by atoms with Gasteiger partial charge in [0.05, 0.1) is 0 Å². The third-order valence-corrected chi connectivity index (χ3v) is 6.69. The predicted octanol–water partition coefficient (Wildman–Crippen LogP) is 11.8. The molecule has 0 saturated heterocycles. The number of allylic oxidation sites excluding steroid dienone is 4. The molecule has 0 atom stereocenters. The highest BCUT2D eigenvalue weighted by Crippen LogP contribution is 2.19. The second-order valence-corrected chi connectivity index (χ2v) is 10.0. The highest BCUT2D eigenvalue weighted by atomic mass is 14.1. The lowest BCUT2D eigenvalue weighted by Gasteiger charge is -2.08. The molecule has 0 radical (unpaired) electrons. The van der Waals surface area contributed by atoms with E-state index in [1.165, 1.54) is 165 Å². The lowest BCUT2D eigenvalue weighted by molar-refractivity contribution is 0.563. The molecule has 0 bridgehead atoms. The van der Waals surface area contributed by atoms with Crippen molar-refractivity contribution in [2.45, 2.75) is 154 Å². The quantitative estimate of drug-likeness (QED) is 0.0876. The van der Waals surface area contributed by atoms with Gasteiger partial charge in [-0.1, -0.05) is 114 Å². The van der Waals surface area contributed by atoms with Crippen LogP contribution >= 0.6 is 0 Å². The second-order valence-electron chi connectivity index (χ2n) is 10.0. The van der Waals surface area contributed by atoms with Gasteiger partial charge in [-0.05, 0) is 77.0 Å². The van der Waals surface area contributed by atoms with Crippen LogP contribution < -0.4 is 0 Å². The van der Waals surface area contributed by atoms with Gasteiger partial charge in [0.2, 0.25) is 0 Å². The molecule has 0 saturated carbocycles. The van der Waals surface area contributed by atoms with Gasteiger partial charge in [-0.2, -0.15) is 0 Å². The van der Waals surface area contributed by atoms with E-state index >= 15 is 0 Å². The van der Waals surface area contributed by atoms with Gasteiger partial charge in [-0.3, -0.25) is 0 Å². The summed E-state index contributed by atoms with van der Waals surface area (Å²) in [4.78, 5) is 0. The van der Waals surface area contributed by atoms with E-state index in [1.54, 1.807) is 0 Å². The molecule has 0 aliphatic rings. The molecule has 0 rings (SSSR count). The van der Waals surface area contributed by atoms with Crippen LogP contribution in [-0.2, 0) is 0 Å². The molecule has 0 amide bonds. The number of unbranched alkanes of at least 4 members (excludes halogenated alkanes) is 17. The summed E-state index contributed by atoms with van der Waals surface area (Å²) >= 11 is 0. The average Bonchev–Trinajstić information content (AvgIpc) is 2.79. The Bertz CT molecular complexity index is 441. The van der Waals surface area contributed by atoms with E-state index in [1.807, 2.05) is 12.2 Å². The van der Waals surface area contributed by atoms with Crippen molar-refractivity contribution in [3.63, 3.8) is 0 Å². The molecule has 0 aromatic rings. The number of hydrogen-bond donors (Lipinski definition) is 0. The van der Waals surface area contributed by atoms with E-state index < -0.39 is 0 Å². The van der Waals surface area contributed by atoms with Crippen LogP contribution in [-0.4, -0.2) is 0 Å². The third kappa shape index (κ3) is 25.2. The fourth-order valence-corrected chi connectivity index (χ4v) is 4.45. The van der Waals surface area contributed by atoms with Gasteiger partial charge >= 0.3 is 0 Å². The highest BCUT2D eigenvalue weighted by Gasteiger charge is 1.99. The number of rotatable bonds is 27. The molecular weight excluding hydrogens is 384 g/mol. The van der Waals surface area contributed by atoms with Crippen molar-refractivity contribution in [2.75, 3.05) is 0 Å². The first-order valence-electron chi connectivity index (χ1n) is 14.3. The van der Waals surface area contributed by atoms with Gasteiger partial charge in [0.25, 0.3) is 0 Å². The maximum Gasteiger partial charge on any atom is -0.0323 e. The van der Waals surface area contributed by atoms with Crippen LogP contribution in [0, 0.1) is 0 Å². The van der Waals surface area contributed by atoms with Crippen molar-refractivity contribution in [3.8, 4) is 0 Å². The third-order valence-electron chi connectivity index (χ3n) is 6.69. The zero-order chi connectivity index (χ0) is 23.5. The Morgan fingerprint density at radius 2 is 0.562 bits per heavy atom. The first kappa shape index (κ1) is 31.0. The highest BCUT2D eigenvalue weighted by molar-refractivity contribution is 4.94. The number of hydrogen-bond acceptors (Lipinski definition) is 0. The Labute approximate surface area is 203 Å². The molecule has 0 N–H and O–H groups in total. The summed E-state index contributed by atoms with van der Waals surface area (Å²) in [5.74, 6) is 0. The van der Waals surface area contributed by atoms with Crippen molar-refractivity contribution < 1.29 is 0 Å². The Morgan fingerprint density at radius 1 is 0.344 bits per heavy atom. The molecule has 186 valence electrons. The van der Waals surface area contributed by atoms with Crippen molar-refractivity contribution in [1.29, 1.82) is 0 Å². The van der Waals surface area contributed by atoms with Crippen LogP contribution in [0.1, 0.15) is 154 Å². The van der Waals surface area contributed by atoms with Crippen LogP contribution in [0.2, 0.25) is 0 Å². The lowest BCUT2D eigenvalue weighted by Crippen LogP contribution is -1.88. The Hall–Kier alpha value is -1.04. The fraction of sp³-hybridized carbons (Fsp3) is 0.750. The minimum atomic E-state index is 1.18. The molecule has 0 heteroatoms. The topological polar surface area (TPSA) is 0 Å². The normalized spacial score (nSPS) is 10.9. The molecule has 0 nitrogen and oxygen atoms in total. The van der Waals surface area contributed by atoms with Gasteiger partial charge in [0.15, 0.2) is 0 Å². The molecule has 0 fully saturated rings. The van der Waals surface area contributed by atoms with Crippen LogP contribution in [0.3, 0.4) is 0 Å². The van der Waals surface area contributed by atoms with Crippen LogP contribution in [0.4, 0.5) is 0 Å². The summed E-state index contributed by atoms with van der Waals surface area (Å²) in [7, 11) is 0. The molecule has 0 aliphatic carbocycles. The summed E-state index contributed by atoms with van der Waals surface area (Å²) in [6.45, 7) is 16.2. The fourth-order valence-electron chi connectivity index (χ4n) is 4.45.